The standard InChI is InChI=1S/C20H23F3N2/c21-20(22,23)19-6-2-1-5-18(19)8-7-16-4-3-13-25(14-16)15-17-9-11-24-12-10-17/h1-2,5-6,9-12,16H,3-4,7-8,13-15H2/t16-/m1/s1. The summed E-state index contributed by atoms with van der Waals surface area (Å²) in [7, 11) is 0. The van der Waals surface area contributed by atoms with Crippen LogP contribution in [-0.4, -0.2) is 23.0 Å². The molecule has 1 aliphatic heterocycles. The smallest absolute Gasteiger partial charge is 0.299 e. The lowest BCUT2D eigenvalue weighted by molar-refractivity contribution is -0.138. The average Bonchev–Trinajstić information content (AvgIpc) is 2.61. The highest BCUT2D eigenvalue weighted by molar-refractivity contribution is 5.29. The van der Waals surface area contributed by atoms with Gasteiger partial charge in [0.05, 0.1) is 5.56 Å². The number of benzene rings is 1. The Morgan fingerprint density at radius 1 is 1.08 bits per heavy atom. The van der Waals surface area contributed by atoms with Crippen LogP contribution in [0.2, 0.25) is 0 Å². The van der Waals surface area contributed by atoms with Crippen molar-refractivity contribution in [3.05, 3.63) is 65.5 Å². The number of hydrogen-bond donors (Lipinski definition) is 0. The monoisotopic (exact) mass is 348 g/mol. The summed E-state index contributed by atoms with van der Waals surface area (Å²) in [4.78, 5) is 6.44. The molecule has 0 spiro atoms. The fraction of sp³-hybridized carbons (Fsp3) is 0.450. The quantitative estimate of drug-likeness (QED) is 0.760. The van der Waals surface area contributed by atoms with Crippen molar-refractivity contribution < 1.29 is 13.2 Å². The van der Waals surface area contributed by atoms with Gasteiger partial charge in [-0.05, 0) is 67.5 Å². The molecule has 2 aromatic rings. The normalized spacial score (nSPS) is 19.1. The molecule has 0 unspecified atom stereocenters. The SMILES string of the molecule is FC(F)(F)c1ccccc1CC[C@H]1CCCN(Cc2ccncc2)C1. The van der Waals surface area contributed by atoms with Crippen LogP contribution in [0.3, 0.4) is 0 Å². The summed E-state index contributed by atoms with van der Waals surface area (Å²) in [6.07, 6.45) is 2.83. The number of halogens is 3. The molecule has 0 aliphatic carbocycles. The molecule has 1 aromatic carbocycles. The average molecular weight is 348 g/mol. The van der Waals surface area contributed by atoms with E-state index in [1.165, 1.54) is 17.7 Å². The predicted octanol–water partition coefficient (Wildman–Crippen LogP) is 4.95. The maximum atomic E-state index is 13.1. The van der Waals surface area contributed by atoms with Crippen molar-refractivity contribution in [3.8, 4) is 0 Å². The van der Waals surface area contributed by atoms with Gasteiger partial charge in [-0.25, -0.2) is 0 Å². The van der Waals surface area contributed by atoms with Crippen LogP contribution < -0.4 is 0 Å². The molecule has 3 rings (SSSR count). The Morgan fingerprint density at radius 3 is 2.60 bits per heavy atom. The van der Waals surface area contributed by atoms with Crippen molar-refractivity contribution in [2.24, 2.45) is 5.92 Å². The Kier molecular flexibility index (Phi) is 5.74. The summed E-state index contributed by atoms with van der Waals surface area (Å²) in [6.45, 7) is 2.90. The molecule has 1 atom stereocenters. The fourth-order valence-electron chi connectivity index (χ4n) is 3.65. The van der Waals surface area contributed by atoms with E-state index in [2.05, 4.69) is 9.88 Å². The van der Waals surface area contributed by atoms with E-state index < -0.39 is 11.7 Å². The second kappa shape index (κ2) is 8.00. The lowest BCUT2D eigenvalue weighted by atomic mass is 9.90. The Hall–Kier alpha value is -1.88. The number of aromatic nitrogens is 1. The molecule has 134 valence electrons. The molecule has 0 saturated carbocycles. The van der Waals surface area contributed by atoms with Crippen LogP contribution in [0, 0.1) is 5.92 Å². The van der Waals surface area contributed by atoms with E-state index in [4.69, 9.17) is 0 Å². The molecule has 2 nitrogen and oxygen atoms in total. The van der Waals surface area contributed by atoms with Gasteiger partial charge in [-0.1, -0.05) is 18.2 Å². The summed E-state index contributed by atoms with van der Waals surface area (Å²) in [5, 5.41) is 0. The number of pyridine rings is 1. The van der Waals surface area contributed by atoms with Gasteiger partial charge in [0.2, 0.25) is 0 Å². The zero-order chi connectivity index (χ0) is 17.7. The molecule has 1 saturated heterocycles. The molecular formula is C20H23F3N2. The topological polar surface area (TPSA) is 16.1 Å². The lowest BCUT2D eigenvalue weighted by Gasteiger charge is -2.33. The first-order valence-electron chi connectivity index (χ1n) is 8.79. The molecule has 0 N–H and O–H groups in total. The third-order valence-electron chi connectivity index (χ3n) is 4.90. The second-order valence-corrected chi connectivity index (χ2v) is 6.79. The van der Waals surface area contributed by atoms with E-state index in [0.717, 1.165) is 38.9 Å². The van der Waals surface area contributed by atoms with Crippen molar-refractivity contribution >= 4 is 0 Å². The molecule has 2 heterocycles. The number of hydrogen-bond acceptors (Lipinski definition) is 2. The van der Waals surface area contributed by atoms with Crippen LogP contribution in [0.4, 0.5) is 13.2 Å². The lowest BCUT2D eigenvalue weighted by Crippen LogP contribution is -2.35. The number of rotatable bonds is 5. The van der Waals surface area contributed by atoms with Gasteiger partial charge in [0.1, 0.15) is 0 Å². The maximum absolute atomic E-state index is 13.1. The van der Waals surface area contributed by atoms with Crippen molar-refractivity contribution in [2.75, 3.05) is 13.1 Å². The number of nitrogens with zero attached hydrogens (tertiary/aromatic N) is 2. The first-order valence-corrected chi connectivity index (χ1v) is 8.79. The van der Waals surface area contributed by atoms with Gasteiger partial charge in [0.15, 0.2) is 0 Å². The van der Waals surface area contributed by atoms with E-state index in [1.807, 2.05) is 12.1 Å². The van der Waals surface area contributed by atoms with Gasteiger partial charge in [0, 0.05) is 25.5 Å². The van der Waals surface area contributed by atoms with Crippen LogP contribution in [0.5, 0.6) is 0 Å². The van der Waals surface area contributed by atoms with Crippen LogP contribution in [-0.2, 0) is 19.1 Å². The highest BCUT2D eigenvalue weighted by Crippen LogP contribution is 2.33. The first kappa shape index (κ1) is 17.9. The van der Waals surface area contributed by atoms with Crippen LogP contribution >= 0.6 is 0 Å². The molecule has 1 fully saturated rings. The largest absolute Gasteiger partial charge is 0.416 e. The Bertz CT molecular complexity index is 670. The van der Waals surface area contributed by atoms with E-state index in [-0.39, 0.29) is 0 Å². The van der Waals surface area contributed by atoms with Crippen LogP contribution in [0.15, 0.2) is 48.8 Å². The van der Waals surface area contributed by atoms with Crippen molar-refractivity contribution in [3.63, 3.8) is 0 Å². The van der Waals surface area contributed by atoms with Crippen LogP contribution in [0.1, 0.15) is 36.0 Å². The second-order valence-electron chi connectivity index (χ2n) is 6.79. The van der Waals surface area contributed by atoms with Gasteiger partial charge in [-0.15, -0.1) is 0 Å². The third-order valence-corrected chi connectivity index (χ3v) is 4.90. The Morgan fingerprint density at radius 2 is 1.84 bits per heavy atom. The zero-order valence-electron chi connectivity index (χ0n) is 14.2. The van der Waals surface area contributed by atoms with Gasteiger partial charge < -0.3 is 0 Å². The van der Waals surface area contributed by atoms with Crippen molar-refractivity contribution in [1.29, 1.82) is 0 Å². The minimum absolute atomic E-state index is 0.418. The summed E-state index contributed by atoms with van der Waals surface area (Å²) in [5.41, 5.74) is 1.17. The summed E-state index contributed by atoms with van der Waals surface area (Å²) in [5.74, 6) is 0.455. The van der Waals surface area contributed by atoms with E-state index in [0.29, 0.717) is 17.9 Å². The molecule has 25 heavy (non-hydrogen) atoms. The van der Waals surface area contributed by atoms with Gasteiger partial charge >= 0.3 is 6.18 Å². The molecule has 1 aliphatic rings. The van der Waals surface area contributed by atoms with Crippen LogP contribution in [0.25, 0.3) is 0 Å². The van der Waals surface area contributed by atoms with E-state index in [1.54, 1.807) is 24.5 Å². The number of aryl methyl sites for hydroxylation is 1. The Balaban J connectivity index is 1.57. The van der Waals surface area contributed by atoms with E-state index in [9.17, 15) is 13.2 Å². The number of piperidine rings is 1. The molecule has 0 radical (unpaired) electrons. The van der Waals surface area contributed by atoms with Gasteiger partial charge in [-0.3, -0.25) is 9.88 Å². The van der Waals surface area contributed by atoms with Gasteiger partial charge in [-0.2, -0.15) is 13.2 Å². The van der Waals surface area contributed by atoms with Crippen molar-refractivity contribution in [2.45, 2.75) is 38.4 Å². The molecule has 0 amide bonds. The molecule has 1 aromatic heterocycles. The summed E-state index contributed by atoms with van der Waals surface area (Å²) in [6, 6.07) is 9.99. The highest BCUT2D eigenvalue weighted by Gasteiger charge is 2.33. The molecule has 0 bridgehead atoms. The first-order chi connectivity index (χ1) is 12.0. The minimum Gasteiger partial charge on any atom is -0.299 e. The molecule has 5 heteroatoms. The van der Waals surface area contributed by atoms with Gasteiger partial charge in [0.25, 0.3) is 0 Å². The number of alkyl halides is 3. The minimum atomic E-state index is -4.27. The van der Waals surface area contributed by atoms with Crippen molar-refractivity contribution in [1.82, 2.24) is 9.88 Å². The van der Waals surface area contributed by atoms with E-state index >= 15 is 0 Å². The Labute approximate surface area is 146 Å². The highest BCUT2D eigenvalue weighted by atomic mass is 19.4. The summed E-state index contributed by atoms with van der Waals surface area (Å²) >= 11 is 0. The number of likely N-dealkylation sites (tertiary alicyclic amines) is 1. The summed E-state index contributed by atoms with van der Waals surface area (Å²) < 4.78 is 39.3. The molecular weight excluding hydrogens is 325 g/mol. The maximum Gasteiger partial charge on any atom is 0.416 e. The predicted molar refractivity (Wildman–Crippen MR) is 92.0 cm³/mol. The zero-order valence-corrected chi connectivity index (χ0v) is 14.2. The third kappa shape index (κ3) is 5.05. The fourth-order valence-corrected chi connectivity index (χ4v) is 3.65.